The summed E-state index contributed by atoms with van der Waals surface area (Å²) < 4.78 is 5.48. The Morgan fingerprint density at radius 1 is 1.12 bits per heavy atom. The van der Waals surface area contributed by atoms with Crippen LogP contribution >= 0.6 is 11.6 Å². The van der Waals surface area contributed by atoms with Gasteiger partial charge in [-0.2, -0.15) is 0 Å². The smallest absolute Gasteiger partial charge is 0.321 e. The third-order valence-electron chi connectivity index (χ3n) is 6.88. The van der Waals surface area contributed by atoms with E-state index < -0.39 is 12.1 Å². The van der Waals surface area contributed by atoms with Crippen LogP contribution in [0.25, 0.3) is 0 Å². The first-order valence-corrected chi connectivity index (χ1v) is 12.2. The molecule has 3 heterocycles. The summed E-state index contributed by atoms with van der Waals surface area (Å²) in [5.74, 6) is 0.162. The number of nitrogens with one attached hydrogen (secondary N) is 2. The lowest BCUT2D eigenvalue weighted by molar-refractivity contribution is -0.121. The fourth-order valence-corrected chi connectivity index (χ4v) is 4.92. The summed E-state index contributed by atoms with van der Waals surface area (Å²) in [6.07, 6.45) is 6.51. The van der Waals surface area contributed by atoms with Gasteiger partial charge in [0.05, 0.1) is 25.6 Å². The van der Waals surface area contributed by atoms with Gasteiger partial charge in [-0.05, 0) is 43.4 Å². The third kappa shape index (κ3) is 5.16. The Hall–Kier alpha value is -2.75. The highest BCUT2D eigenvalue weighted by Crippen LogP contribution is 2.49. The molecule has 180 valence electrons. The van der Waals surface area contributed by atoms with E-state index in [1.54, 1.807) is 4.90 Å². The van der Waals surface area contributed by atoms with E-state index >= 15 is 0 Å². The average molecular weight is 485 g/mol. The van der Waals surface area contributed by atoms with Crippen LogP contribution in [0.3, 0.4) is 0 Å². The molecule has 10 heteroatoms. The van der Waals surface area contributed by atoms with Crippen molar-refractivity contribution in [3.8, 4) is 0 Å². The van der Waals surface area contributed by atoms with E-state index in [0.717, 1.165) is 45.0 Å². The van der Waals surface area contributed by atoms with Crippen LogP contribution in [0.5, 0.6) is 0 Å². The van der Waals surface area contributed by atoms with Gasteiger partial charge in [0, 0.05) is 37.3 Å². The zero-order valence-corrected chi connectivity index (χ0v) is 19.8. The minimum absolute atomic E-state index is 0.106. The molecule has 0 spiro atoms. The van der Waals surface area contributed by atoms with Gasteiger partial charge in [0.1, 0.15) is 11.2 Å². The number of carbonyl (C=O) groups is 2. The molecule has 2 aliphatic heterocycles. The second kappa shape index (κ2) is 9.85. The summed E-state index contributed by atoms with van der Waals surface area (Å²) >= 11 is 5.72. The topological polar surface area (TPSA) is 99.7 Å². The molecule has 3 fully saturated rings. The van der Waals surface area contributed by atoms with Crippen molar-refractivity contribution >= 4 is 35.0 Å². The molecule has 9 nitrogen and oxygen atoms in total. The Labute approximate surface area is 203 Å². The summed E-state index contributed by atoms with van der Waals surface area (Å²) in [6, 6.07) is 7.32. The van der Waals surface area contributed by atoms with Gasteiger partial charge in [0.2, 0.25) is 5.91 Å². The first kappa shape index (κ1) is 23.0. The SMILES string of the molecule is O=C(Nc1cnc(Cl)cn1)N[C@@H]1CCCN(c2ccc(C3(CN4CCOCC4)CC3)cc2)C1=O. The number of nitrogens with zero attached hydrogens (tertiary/aromatic N) is 4. The Kier molecular flexibility index (Phi) is 6.67. The number of ether oxygens (including phenoxy) is 1. The average Bonchev–Trinajstić information content (AvgIpc) is 3.63. The van der Waals surface area contributed by atoms with Gasteiger partial charge in [0.25, 0.3) is 0 Å². The van der Waals surface area contributed by atoms with E-state index in [1.807, 2.05) is 12.1 Å². The summed E-state index contributed by atoms with van der Waals surface area (Å²) in [6.45, 7) is 5.32. The van der Waals surface area contributed by atoms with Crippen LogP contribution in [0.2, 0.25) is 5.15 Å². The fourth-order valence-electron chi connectivity index (χ4n) is 4.82. The number of aromatic nitrogens is 2. The van der Waals surface area contributed by atoms with Crippen molar-refractivity contribution in [2.45, 2.75) is 37.1 Å². The van der Waals surface area contributed by atoms with E-state index in [1.165, 1.54) is 30.8 Å². The number of benzene rings is 1. The number of amides is 3. The van der Waals surface area contributed by atoms with Crippen LogP contribution < -0.4 is 15.5 Å². The number of hydrogen-bond acceptors (Lipinski definition) is 6. The number of urea groups is 1. The molecule has 1 aromatic carbocycles. The molecule has 5 rings (SSSR count). The maximum Gasteiger partial charge on any atom is 0.321 e. The van der Waals surface area contributed by atoms with Crippen molar-refractivity contribution in [2.75, 3.05) is 49.6 Å². The minimum atomic E-state index is -0.593. The molecule has 0 bridgehead atoms. The van der Waals surface area contributed by atoms with E-state index in [-0.39, 0.29) is 22.3 Å². The molecule has 2 N–H and O–H groups in total. The van der Waals surface area contributed by atoms with Gasteiger partial charge in [-0.3, -0.25) is 15.0 Å². The number of rotatable bonds is 6. The van der Waals surface area contributed by atoms with Gasteiger partial charge in [-0.1, -0.05) is 23.7 Å². The molecule has 1 aliphatic carbocycles. The van der Waals surface area contributed by atoms with Crippen molar-refractivity contribution in [1.82, 2.24) is 20.2 Å². The van der Waals surface area contributed by atoms with Gasteiger partial charge >= 0.3 is 6.03 Å². The van der Waals surface area contributed by atoms with Crippen molar-refractivity contribution < 1.29 is 14.3 Å². The molecular formula is C24H29ClN6O3. The monoisotopic (exact) mass is 484 g/mol. The van der Waals surface area contributed by atoms with E-state index in [4.69, 9.17) is 16.3 Å². The van der Waals surface area contributed by atoms with E-state index in [0.29, 0.717) is 13.0 Å². The number of hydrogen-bond donors (Lipinski definition) is 2. The van der Waals surface area contributed by atoms with Crippen molar-refractivity contribution in [3.63, 3.8) is 0 Å². The Balaban J connectivity index is 1.20. The highest BCUT2D eigenvalue weighted by atomic mass is 35.5. The fraction of sp³-hybridized carbons (Fsp3) is 0.500. The maximum absolute atomic E-state index is 13.1. The minimum Gasteiger partial charge on any atom is -0.379 e. The quantitative estimate of drug-likeness (QED) is 0.654. The molecule has 3 amide bonds. The van der Waals surface area contributed by atoms with E-state index in [9.17, 15) is 9.59 Å². The van der Waals surface area contributed by atoms with E-state index in [2.05, 4.69) is 37.6 Å². The predicted octanol–water partition coefficient (Wildman–Crippen LogP) is 2.81. The zero-order valence-electron chi connectivity index (χ0n) is 19.0. The number of piperidine rings is 1. The molecule has 0 unspecified atom stereocenters. The Morgan fingerprint density at radius 2 is 1.88 bits per heavy atom. The molecule has 2 saturated heterocycles. The lowest BCUT2D eigenvalue weighted by Gasteiger charge is -2.33. The number of morpholine rings is 1. The van der Waals surface area contributed by atoms with Gasteiger partial charge in [0.15, 0.2) is 5.82 Å². The lowest BCUT2D eigenvalue weighted by Crippen LogP contribution is -2.53. The maximum atomic E-state index is 13.1. The molecule has 0 radical (unpaired) electrons. The van der Waals surface area contributed by atoms with Crippen LogP contribution in [-0.2, 0) is 14.9 Å². The molecule has 1 atom stereocenters. The van der Waals surface area contributed by atoms with Crippen LogP contribution in [0, 0.1) is 0 Å². The summed E-state index contributed by atoms with van der Waals surface area (Å²) in [5.41, 5.74) is 2.44. The number of carbonyl (C=O) groups excluding carboxylic acids is 2. The molecule has 34 heavy (non-hydrogen) atoms. The molecule has 1 saturated carbocycles. The van der Waals surface area contributed by atoms with Crippen molar-refractivity contribution in [2.24, 2.45) is 0 Å². The van der Waals surface area contributed by atoms with Gasteiger partial charge < -0.3 is 15.0 Å². The normalized spacial score (nSPS) is 22.3. The Bertz CT molecular complexity index is 1020. The van der Waals surface area contributed by atoms with Crippen LogP contribution in [0.4, 0.5) is 16.3 Å². The van der Waals surface area contributed by atoms with Crippen LogP contribution in [0.15, 0.2) is 36.7 Å². The second-order valence-corrected chi connectivity index (χ2v) is 9.61. The summed E-state index contributed by atoms with van der Waals surface area (Å²) in [5, 5.41) is 5.60. The van der Waals surface area contributed by atoms with Gasteiger partial charge in [-0.25, -0.2) is 14.8 Å². The highest BCUT2D eigenvalue weighted by Gasteiger charge is 2.45. The molecular weight excluding hydrogens is 456 g/mol. The molecule has 1 aromatic heterocycles. The largest absolute Gasteiger partial charge is 0.379 e. The number of anilines is 2. The Morgan fingerprint density at radius 3 is 2.56 bits per heavy atom. The lowest BCUT2D eigenvalue weighted by atomic mass is 9.94. The first-order valence-electron chi connectivity index (χ1n) is 11.8. The molecule has 2 aromatic rings. The number of halogens is 1. The van der Waals surface area contributed by atoms with Crippen LogP contribution in [0.1, 0.15) is 31.2 Å². The highest BCUT2D eigenvalue weighted by molar-refractivity contribution is 6.29. The first-order chi connectivity index (χ1) is 16.5. The van der Waals surface area contributed by atoms with Crippen molar-refractivity contribution in [1.29, 1.82) is 0 Å². The zero-order chi connectivity index (χ0) is 23.5. The third-order valence-corrected chi connectivity index (χ3v) is 7.08. The summed E-state index contributed by atoms with van der Waals surface area (Å²) in [7, 11) is 0. The second-order valence-electron chi connectivity index (χ2n) is 9.22. The molecule has 3 aliphatic rings. The summed E-state index contributed by atoms with van der Waals surface area (Å²) in [4.78, 5) is 37.6. The van der Waals surface area contributed by atoms with Crippen LogP contribution in [-0.4, -0.2) is 72.2 Å². The van der Waals surface area contributed by atoms with Gasteiger partial charge in [-0.15, -0.1) is 0 Å². The van der Waals surface area contributed by atoms with Crippen molar-refractivity contribution in [3.05, 3.63) is 47.4 Å². The predicted molar refractivity (Wildman–Crippen MR) is 129 cm³/mol. The standard InChI is InChI=1S/C24H29ClN6O3/c25-20-14-27-21(15-26-20)29-23(33)28-19-2-1-9-31(22(19)32)18-5-3-17(4-6-18)24(7-8-24)16-30-10-12-34-13-11-30/h3-6,14-15,19H,1-2,7-13,16H2,(H2,27,28,29,33)/t19-/m1/s1.